The smallest absolute Gasteiger partial charge is 0.239 e. The Bertz CT molecular complexity index is 347. The molecule has 3 rings (SSSR count). The zero-order valence-corrected chi connectivity index (χ0v) is 11.6. The van der Waals surface area contributed by atoms with Gasteiger partial charge >= 0.3 is 0 Å². The minimum Gasteiger partial charge on any atom is -0.338 e. The van der Waals surface area contributed by atoms with Crippen molar-refractivity contribution in [2.75, 3.05) is 18.1 Å². The van der Waals surface area contributed by atoms with Gasteiger partial charge in [0.05, 0.1) is 6.04 Å². The highest BCUT2D eigenvalue weighted by Crippen LogP contribution is 2.25. The third-order valence-corrected chi connectivity index (χ3v) is 5.67. The van der Waals surface area contributed by atoms with Gasteiger partial charge in [0.2, 0.25) is 5.91 Å². The molecule has 0 radical (unpaired) electrons. The molecule has 18 heavy (non-hydrogen) atoms. The quantitative estimate of drug-likeness (QED) is 0.819. The topological polar surface area (TPSA) is 49.4 Å². The highest BCUT2D eigenvalue weighted by Gasteiger charge is 2.36. The summed E-state index contributed by atoms with van der Waals surface area (Å²) in [6.07, 6.45) is 6.40. The minimum absolute atomic E-state index is 0.0543. The summed E-state index contributed by atoms with van der Waals surface area (Å²) in [5.41, 5.74) is 0. The summed E-state index contributed by atoms with van der Waals surface area (Å²) in [4.78, 5) is 14.5. The zero-order chi connectivity index (χ0) is 12.5. The Morgan fingerprint density at radius 2 is 1.83 bits per heavy atom. The summed E-state index contributed by atoms with van der Waals surface area (Å²) >= 11 is 0. The van der Waals surface area contributed by atoms with Crippen LogP contribution in [0, 0.1) is 0 Å². The number of nitrogens with zero attached hydrogens (tertiary/aromatic N) is 1. The summed E-state index contributed by atoms with van der Waals surface area (Å²) in [5.74, 6) is 1.84. The summed E-state index contributed by atoms with van der Waals surface area (Å²) in [5, 5.41) is 3.47. The van der Waals surface area contributed by atoms with E-state index in [9.17, 15) is 9.00 Å². The van der Waals surface area contributed by atoms with E-state index in [0.29, 0.717) is 18.0 Å². The van der Waals surface area contributed by atoms with Gasteiger partial charge < -0.3 is 10.2 Å². The van der Waals surface area contributed by atoms with Crippen LogP contribution in [0.2, 0.25) is 0 Å². The molecule has 4 nitrogen and oxygen atoms in total. The Labute approximate surface area is 111 Å². The fourth-order valence-corrected chi connectivity index (χ4v) is 4.32. The Balaban J connectivity index is 1.60. The molecule has 0 aromatic carbocycles. The average Bonchev–Trinajstić information content (AvgIpc) is 3.17. The first-order valence-electron chi connectivity index (χ1n) is 7.15. The number of hydrogen-bond acceptors (Lipinski definition) is 3. The molecule has 0 bridgehead atoms. The lowest BCUT2D eigenvalue weighted by molar-refractivity contribution is -0.138. The van der Waals surface area contributed by atoms with E-state index < -0.39 is 10.8 Å². The van der Waals surface area contributed by atoms with Gasteiger partial charge in [-0.1, -0.05) is 0 Å². The van der Waals surface area contributed by atoms with E-state index in [1.807, 2.05) is 0 Å². The van der Waals surface area contributed by atoms with Gasteiger partial charge in [-0.15, -0.1) is 0 Å². The number of carbonyl (C=O) groups is 1. The van der Waals surface area contributed by atoms with Crippen LogP contribution >= 0.6 is 0 Å². The van der Waals surface area contributed by atoms with Crippen molar-refractivity contribution in [3.05, 3.63) is 0 Å². The van der Waals surface area contributed by atoms with Crippen LogP contribution in [0.25, 0.3) is 0 Å². The Kier molecular flexibility index (Phi) is 3.71. The molecular weight excluding hydrogens is 248 g/mol. The largest absolute Gasteiger partial charge is 0.338 e. The fourth-order valence-electron chi connectivity index (χ4n) is 3.04. The zero-order valence-electron chi connectivity index (χ0n) is 10.8. The number of likely N-dealkylation sites (tertiary alicyclic amines) is 1. The third-order valence-electron chi connectivity index (χ3n) is 4.29. The lowest BCUT2D eigenvalue weighted by Crippen LogP contribution is -2.55. The Morgan fingerprint density at radius 1 is 1.11 bits per heavy atom. The van der Waals surface area contributed by atoms with Crippen molar-refractivity contribution in [3.8, 4) is 0 Å². The minimum atomic E-state index is -0.638. The van der Waals surface area contributed by atoms with E-state index in [1.165, 1.54) is 12.8 Å². The van der Waals surface area contributed by atoms with Crippen molar-refractivity contribution >= 4 is 16.7 Å². The molecule has 1 amide bonds. The number of amides is 1. The average molecular weight is 270 g/mol. The highest BCUT2D eigenvalue weighted by molar-refractivity contribution is 7.85. The number of hydrogen-bond donors (Lipinski definition) is 1. The predicted molar refractivity (Wildman–Crippen MR) is 71.8 cm³/mol. The second-order valence-corrected chi connectivity index (χ2v) is 7.44. The van der Waals surface area contributed by atoms with E-state index in [2.05, 4.69) is 10.2 Å². The molecule has 0 aromatic rings. The van der Waals surface area contributed by atoms with Crippen LogP contribution < -0.4 is 5.32 Å². The van der Waals surface area contributed by atoms with E-state index in [0.717, 1.165) is 43.7 Å². The van der Waals surface area contributed by atoms with Gasteiger partial charge in [-0.3, -0.25) is 9.00 Å². The molecule has 1 unspecified atom stereocenters. The second kappa shape index (κ2) is 5.29. The number of carbonyl (C=O) groups excluding carboxylic acids is 1. The molecular formula is C13H22N2O2S. The van der Waals surface area contributed by atoms with Crippen molar-refractivity contribution in [3.63, 3.8) is 0 Å². The first kappa shape index (κ1) is 12.6. The van der Waals surface area contributed by atoms with Crippen LogP contribution in [0.4, 0.5) is 0 Å². The van der Waals surface area contributed by atoms with E-state index >= 15 is 0 Å². The van der Waals surface area contributed by atoms with Crippen LogP contribution in [0.15, 0.2) is 0 Å². The number of rotatable bonds is 3. The molecule has 2 aliphatic heterocycles. The maximum Gasteiger partial charge on any atom is 0.239 e. The van der Waals surface area contributed by atoms with Crippen LogP contribution in [0.3, 0.4) is 0 Å². The SMILES string of the molecule is O=C1C(NC2CC2)CCCN1C1CCS(=O)CC1. The van der Waals surface area contributed by atoms with E-state index in [1.54, 1.807) is 0 Å². The molecule has 1 saturated carbocycles. The molecule has 1 N–H and O–H groups in total. The molecule has 1 atom stereocenters. The summed E-state index contributed by atoms with van der Waals surface area (Å²) in [6, 6.07) is 0.996. The molecule has 3 fully saturated rings. The van der Waals surface area contributed by atoms with Crippen molar-refractivity contribution in [2.24, 2.45) is 0 Å². The maximum atomic E-state index is 12.5. The molecule has 1 aliphatic carbocycles. The highest BCUT2D eigenvalue weighted by atomic mass is 32.2. The van der Waals surface area contributed by atoms with Crippen molar-refractivity contribution in [1.29, 1.82) is 0 Å². The monoisotopic (exact) mass is 270 g/mol. The molecule has 0 spiro atoms. The summed E-state index contributed by atoms with van der Waals surface area (Å²) in [6.45, 7) is 0.902. The standard InChI is InChI=1S/C13H22N2O2S/c16-13-12(14-10-3-4-10)2-1-7-15(13)11-5-8-18(17)9-6-11/h10-12,14H,1-9H2. The van der Waals surface area contributed by atoms with Gasteiger partial charge in [0, 0.05) is 40.9 Å². The maximum absolute atomic E-state index is 12.5. The normalized spacial score (nSPS) is 37.9. The summed E-state index contributed by atoms with van der Waals surface area (Å²) in [7, 11) is -0.638. The van der Waals surface area contributed by atoms with Crippen molar-refractivity contribution in [1.82, 2.24) is 10.2 Å². The Hall–Kier alpha value is -0.420. The van der Waals surface area contributed by atoms with Crippen LogP contribution in [0.1, 0.15) is 38.5 Å². The lowest BCUT2D eigenvalue weighted by Gasteiger charge is -2.39. The van der Waals surface area contributed by atoms with Gasteiger partial charge in [0.1, 0.15) is 0 Å². The van der Waals surface area contributed by atoms with Crippen LogP contribution in [0.5, 0.6) is 0 Å². The van der Waals surface area contributed by atoms with E-state index in [-0.39, 0.29) is 6.04 Å². The van der Waals surface area contributed by atoms with Gasteiger partial charge in [-0.05, 0) is 38.5 Å². The molecule has 102 valence electrons. The third kappa shape index (κ3) is 2.77. The van der Waals surface area contributed by atoms with Gasteiger partial charge in [0.25, 0.3) is 0 Å². The predicted octanol–water partition coefficient (Wildman–Crippen LogP) is 0.640. The van der Waals surface area contributed by atoms with Crippen LogP contribution in [-0.4, -0.2) is 51.2 Å². The molecule has 5 heteroatoms. The van der Waals surface area contributed by atoms with Crippen LogP contribution in [-0.2, 0) is 15.6 Å². The molecule has 0 aromatic heterocycles. The number of nitrogens with one attached hydrogen (secondary N) is 1. The second-order valence-electron chi connectivity index (χ2n) is 5.75. The Morgan fingerprint density at radius 3 is 2.50 bits per heavy atom. The molecule has 2 saturated heterocycles. The van der Waals surface area contributed by atoms with Crippen molar-refractivity contribution < 1.29 is 9.00 Å². The first-order valence-corrected chi connectivity index (χ1v) is 8.64. The number of piperidine rings is 1. The first-order chi connectivity index (χ1) is 8.74. The lowest BCUT2D eigenvalue weighted by atomic mass is 10.00. The summed E-state index contributed by atoms with van der Waals surface area (Å²) < 4.78 is 11.4. The van der Waals surface area contributed by atoms with Gasteiger partial charge in [-0.25, -0.2) is 0 Å². The van der Waals surface area contributed by atoms with Gasteiger partial charge in [0.15, 0.2) is 0 Å². The fraction of sp³-hybridized carbons (Fsp3) is 0.923. The van der Waals surface area contributed by atoms with E-state index in [4.69, 9.17) is 0 Å². The molecule has 3 aliphatic rings. The molecule has 2 heterocycles. The van der Waals surface area contributed by atoms with Gasteiger partial charge in [-0.2, -0.15) is 0 Å². The van der Waals surface area contributed by atoms with Crippen molar-refractivity contribution in [2.45, 2.75) is 56.7 Å².